The van der Waals surface area contributed by atoms with Crippen molar-refractivity contribution < 1.29 is 9.59 Å². The van der Waals surface area contributed by atoms with Gasteiger partial charge in [-0.3, -0.25) is 19.2 Å². The Morgan fingerprint density at radius 3 is 2.62 bits per heavy atom. The number of aryl methyl sites for hydroxylation is 1. The molecule has 2 aromatic heterocycles. The van der Waals surface area contributed by atoms with Crippen molar-refractivity contribution >= 4 is 28.7 Å². The Morgan fingerprint density at radius 1 is 1.29 bits per heavy atom. The Morgan fingerprint density at radius 2 is 1.95 bits per heavy atom. The van der Waals surface area contributed by atoms with Crippen LogP contribution in [0.1, 0.15) is 25.6 Å². The van der Waals surface area contributed by atoms with E-state index in [-0.39, 0.29) is 24.3 Å². The van der Waals surface area contributed by atoms with E-state index in [1.165, 1.54) is 4.90 Å². The van der Waals surface area contributed by atoms with Gasteiger partial charge in [-0.1, -0.05) is 6.92 Å². The monoisotopic (exact) mass is 288 g/mol. The minimum Gasteiger partial charge on any atom is -0.383 e. The van der Waals surface area contributed by atoms with Crippen molar-refractivity contribution in [2.45, 2.75) is 26.3 Å². The van der Waals surface area contributed by atoms with E-state index in [4.69, 9.17) is 5.73 Å². The average molecular weight is 288 g/mol. The van der Waals surface area contributed by atoms with Crippen LogP contribution in [-0.2, 0) is 23.2 Å². The summed E-state index contributed by atoms with van der Waals surface area (Å²) in [4.78, 5) is 33.7. The number of aromatic nitrogens is 4. The highest BCUT2D eigenvalue weighted by molar-refractivity contribution is 5.97. The van der Waals surface area contributed by atoms with E-state index in [0.29, 0.717) is 35.5 Å². The van der Waals surface area contributed by atoms with Crippen LogP contribution in [0, 0.1) is 5.92 Å². The molecule has 0 atom stereocenters. The number of nitrogen functional groups attached to an aromatic ring is 1. The van der Waals surface area contributed by atoms with E-state index in [9.17, 15) is 9.59 Å². The molecule has 0 saturated carbocycles. The van der Waals surface area contributed by atoms with E-state index >= 15 is 0 Å². The Balaban J connectivity index is 1.92. The first-order valence-electron chi connectivity index (χ1n) is 6.73. The highest BCUT2D eigenvalue weighted by Crippen LogP contribution is 2.22. The lowest BCUT2D eigenvalue weighted by Crippen LogP contribution is -2.42. The van der Waals surface area contributed by atoms with E-state index in [0.717, 1.165) is 0 Å². The molecule has 0 aromatic carbocycles. The molecule has 8 heteroatoms. The predicted molar refractivity (Wildman–Crippen MR) is 74.7 cm³/mol. The summed E-state index contributed by atoms with van der Waals surface area (Å²) in [6.45, 7) is 1.94. The molecule has 2 aromatic rings. The summed E-state index contributed by atoms with van der Waals surface area (Å²) >= 11 is 0. The zero-order valence-electron chi connectivity index (χ0n) is 11.9. The Kier molecular flexibility index (Phi) is 3.08. The molecule has 0 unspecified atom stereocenters. The van der Waals surface area contributed by atoms with E-state index in [1.807, 2.05) is 6.92 Å². The second-order valence-corrected chi connectivity index (χ2v) is 5.42. The molecule has 21 heavy (non-hydrogen) atoms. The van der Waals surface area contributed by atoms with Gasteiger partial charge in [-0.05, 0) is 5.92 Å². The van der Waals surface area contributed by atoms with Crippen molar-refractivity contribution in [2.24, 2.45) is 13.0 Å². The van der Waals surface area contributed by atoms with Gasteiger partial charge in [0.2, 0.25) is 11.8 Å². The van der Waals surface area contributed by atoms with Crippen LogP contribution in [0.4, 0.5) is 5.82 Å². The molecule has 1 saturated heterocycles. The van der Waals surface area contributed by atoms with Crippen LogP contribution in [0.15, 0.2) is 6.20 Å². The maximum atomic E-state index is 12.0. The number of carbonyl (C=O) groups excluding carboxylic acids is 2. The number of piperidine rings is 1. The molecule has 0 aliphatic carbocycles. The summed E-state index contributed by atoms with van der Waals surface area (Å²) in [5.74, 6) is 0.358. The second-order valence-electron chi connectivity index (χ2n) is 5.42. The second kappa shape index (κ2) is 4.80. The molecular weight excluding hydrogens is 272 g/mol. The minimum atomic E-state index is -0.189. The molecule has 1 aliphatic rings. The summed E-state index contributed by atoms with van der Waals surface area (Å²) in [6.07, 6.45) is 2.33. The highest BCUT2D eigenvalue weighted by atomic mass is 16.2. The number of hydrogen-bond donors (Lipinski definition) is 1. The molecule has 1 aliphatic heterocycles. The van der Waals surface area contributed by atoms with Crippen molar-refractivity contribution in [3.8, 4) is 0 Å². The molecule has 0 radical (unpaired) electrons. The quantitative estimate of drug-likeness (QED) is 0.793. The normalized spacial score (nSPS) is 17.0. The number of amides is 2. The zero-order chi connectivity index (χ0) is 15.1. The fraction of sp³-hybridized carbons (Fsp3) is 0.462. The molecule has 110 valence electrons. The standard InChI is InChI=1S/C13H16N6O2/c1-7-3-10(20)19(11(21)4-7)6-9-16-12(14)8-5-15-18(2)13(8)17-9/h5,7H,3-4,6H2,1-2H3,(H2,14,16,17). The van der Waals surface area contributed by atoms with Gasteiger partial charge in [-0.25, -0.2) is 9.97 Å². The summed E-state index contributed by atoms with van der Waals surface area (Å²) in [6, 6.07) is 0. The lowest BCUT2D eigenvalue weighted by molar-refractivity contribution is -0.150. The molecule has 1 fully saturated rings. The number of carbonyl (C=O) groups is 2. The van der Waals surface area contributed by atoms with E-state index in [2.05, 4.69) is 15.1 Å². The van der Waals surface area contributed by atoms with Gasteiger partial charge in [0, 0.05) is 19.9 Å². The highest BCUT2D eigenvalue weighted by Gasteiger charge is 2.31. The topological polar surface area (TPSA) is 107 Å². The van der Waals surface area contributed by atoms with Crippen molar-refractivity contribution in [3.05, 3.63) is 12.0 Å². The first-order chi connectivity index (χ1) is 9.95. The lowest BCUT2D eigenvalue weighted by Gasteiger charge is -2.27. The number of anilines is 1. The van der Waals surface area contributed by atoms with Gasteiger partial charge in [0.25, 0.3) is 0 Å². The number of likely N-dealkylation sites (tertiary alicyclic amines) is 1. The molecule has 0 bridgehead atoms. The smallest absolute Gasteiger partial charge is 0.229 e. The van der Waals surface area contributed by atoms with Crippen LogP contribution in [-0.4, -0.2) is 36.5 Å². The van der Waals surface area contributed by atoms with Crippen LogP contribution >= 0.6 is 0 Å². The Hall–Kier alpha value is -2.51. The predicted octanol–water partition coefficient (Wildman–Crippen LogP) is 0.231. The molecule has 2 amide bonds. The third-order valence-corrected chi connectivity index (χ3v) is 3.62. The number of nitrogens with zero attached hydrogens (tertiary/aromatic N) is 5. The number of imide groups is 1. The fourth-order valence-corrected chi connectivity index (χ4v) is 2.51. The van der Waals surface area contributed by atoms with Gasteiger partial charge in [0.05, 0.1) is 18.1 Å². The first kappa shape index (κ1) is 13.5. The maximum absolute atomic E-state index is 12.0. The number of fused-ring (bicyclic) bond motifs is 1. The maximum Gasteiger partial charge on any atom is 0.229 e. The summed E-state index contributed by atoms with van der Waals surface area (Å²) in [5.41, 5.74) is 6.46. The molecule has 2 N–H and O–H groups in total. The van der Waals surface area contributed by atoms with Crippen molar-refractivity contribution in [1.29, 1.82) is 0 Å². The summed E-state index contributed by atoms with van der Waals surface area (Å²) in [5, 5.41) is 4.73. The number of nitrogens with two attached hydrogens (primary N) is 1. The van der Waals surface area contributed by atoms with Crippen molar-refractivity contribution in [2.75, 3.05) is 5.73 Å². The van der Waals surface area contributed by atoms with Crippen LogP contribution < -0.4 is 5.73 Å². The Bertz CT molecular complexity index is 720. The lowest BCUT2D eigenvalue weighted by atomic mass is 9.98. The molecule has 0 spiro atoms. The van der Waals surface area contributed by atoms with Gasteiger partial charge >= 0.3 is 0 Å². The summed E-state index contributed by atoms with van der Waals surface area (Å²) < 4.78 is 1.58. The average Bonchev–Trinajstić information content (AvgIpc) is 2.76. The van der Waals surface area contributed by atoms with Gasteiger partial charge in [-0.2, -0.15) is 5.10 Å². The van der Waals surface area contributed by atoms with E-state index in [1.54, 1.807) is 17.9 Å². The third-order valence-electron chi connectivity index (χ3n) is 3.62. The largest absolute Gasteiger partial charge is 0.383 e. The summed E-state index contributed by atoms with van der Waals surface area (Å²) in [7, 11) is 1.75. The third kappa shape index (κ3) is 2.32. The molecule has 3 rings (SSSR count). The minimum absolute atomic E-state index is 0.0513. The van der Waals surface area contributed by atoms with Crippen molar-refractivity contribution in [1.82, 2.24) is 24.6 Å². The number of rotatable bonds is 2. The first-order valence-corrected chi connectivity index (χ1v) is 6.73. The van der Waals surface area contributed by atoms with Crippen molar-refractivity contribution in [3.63, 3.8) is 0 Å². The van der Waals surface area contributed by atoms with Crippen LogP contribution in [0.5, 0.6) is 0 Å². The number of hydrogen-bond acceptors (Lipinski definition) is 6. The van der Waals surface area contributed by atoms with Gasteiger partial charge in [0.1, 0.15) is 5.82 Å². The van der Waals surface area contributed by atoms with Gasteiger partial charge in [0.15, 0.2) is 11.5 Å². The van der Waals surface area contributed by atoms with E-state index < -0.39 is 0 Å². The molecule has 8 nitrogen and oxygen atoms in total. The van der Waals surface area contributed by atoms with Crippen LogP contribution in [0.3, 0.4) is 0 Å². The van der Waals surface area contributed by atoms with Gasteiger partial charge < -0.3 is 5.73 Å². The molecular formula is C13H16N6O2. The molecule has 3 heterocycles. The van der Waals surface area contributed by atoms with Crippen LogP contribution in [0.25, 0.3) is 11.0 Å². The SMILES string of the molecule is CC1CC(=O)N(Cc2nc(N)c3cnn(C)c3n2)C(=O)C1. The fourth-order valence-electron chi connectivity index (χ4n) is 2.51. The van der Waals surface area contributed by atoms with Crippen LogP contribution in [0.2, 0.25) is 0 Å². The zero-order valence-corrected chi connectivity index (χ0v) is 11.9. The Labute approximate surface area is 120 Å². The van der Waals surface area contributed by atoms with Gasteiger partial charge in [-0.15, -0.1) is 0 Å².